The van der Waals surface area contributed by atoms with Crippen LogP contribution in [-0.4, -0.2) is 16.7 Å². The van der Waals surface area contributed by atoms with E-state index in [1.165, 1.54) is 0 Å². The zero-order valence-corrected chi connectivity index (χ0v) is 11.4. The number of aromatic nitrogens is 2. The SMILES string of the molecule is COc1ccc(Cl)cc1Nc1nccn1C(C)C. The zero-order valence-electron chi connectivity index (χ0n) is 10.6. The number of imidazole rings is 1. The molecule has 1 aromatic heterocycles. The Kier molecular flexibility index (Phi) is 3.77. The lowest BCUT2D eigenvalue weighted by Crippen LogP contribution is -2.05. The molecule has 0 radical (unpaired) electrons. The van der Waals surface area contributed by atoms with Crippen molar-refractivity contribution in [3.63, 3.8) is 0 Å². The molecule has 1 aromatic carbocycles. The van der Waals surface area contributed by atoms with E-state index in [0.29, 0.717) is 11.1 Å². The first kappa shape index (κ1) is 12.8. The maximum Gasteiger partial charge on any atom is 0.207 e. The van der Waals surface area contributed by atoms with E-state index in [1.54, 1.807) is 19.4 Å². The van der Waals surface area contributed by atoms with Gasteiger partial charge >= 0.3 is 0 Å². The number of nitrogens with zero attached hydrogens (tertiary/aromatic N) is 2. The highest BCUT2D eigenvalue weighted by Crippen LogP contribution is 2.30. The third-order valence-corrected chi connectivity index (χ3v) is 2.87. The average Bonchev–Trinajstić information content (AvgIpc) is 2.77. The molecule has 4 nitrogen and oxygen atoms in total. The van der Waals surface area contributed by atoms with Crippen LogP contribution in [-0.2, 0) is 0 Å². The van der Waals surface area contributed by atoms with Crippen LogP contribution in [0.15, 0.2) is 30.6 Å². The van der Waals surface area contributed by atoms with E-state index >= 15 is 0 Å². The van der Waals surface area contributed by atoms with Crippen molar-refractivity contribution < 1.29 is 4.74 Å². The Morgan fingerprint density at radius 2 is 2.17 bits per heavy atom. The van der Waals surface area contributed by atoms with Gasteiger partial charge in [-0.1, -0.05) is 11.6 Å². The summed E-state index contributed by atoms with van der Waals surface area (Å²) >= 11 is 5.99. The van der Waals surface area contributed by atoms with Crippen molar-refractivity contribution in [2.24, 2.45) is 0 Å². The first-order valence-electron chi connectivity index (χ1n) is 5.75. The molecule has 0 aliphatic rings. The van der Waals surface area contributed by atoms with Crippen LogP contribution in [0.1, 0.15) is 19.9 Å². The molecular weight excluding hydrogens is 250 g/mol. The minimum Gasteiger partial charge on any atom is -0.495 e. The number of halogens is 1. The van der Waals surface area contributed by atoms with Gasteiger partial charge in [-0.3, -0.25) is 0 Å². The van der Waals surface area contributed by atoms with Gasteiger partial charge in [-0.05, 0) is 32.0 Å². The van der Waals surface area contributed by atoms with Crippen molar-refractivity contribution in [1.29, 1.82) is 0 Å². The maximum absolute atomic E-state index is 5.99. The van der Waals surface area contributed by atoms with Gasteiger partial charge in [-0.2, -0.15) is 0 Å². The van der Waals surface area contributed by atoms with E-state index in [1.807, 2.05) is 22.9 Å². The molecule has 5 heteroatoms. The summed E-state index contributed by atoms with van der Waals surface area (Å²) in [6, 6.07) is 5.77. The fraction of sp³-hybridized carbons (Fsp3) is 0.308. The smallest absolute Gasteiger partial charge is 0.207 e. The van der Waals surface area contributed by atoms with Crippen LogP contribution in [0.4, 0.5) is 11.6 Å². The van der Waals surface area contributed by atoms with E-state index in [-0.39, 0.29) is 0 Å². The molecule has 0 unspecified atom stereocenters. The predicted molar refractivity (Wildman–Crippen MR) is 73.9 cm³/mol. The van der Waals surface area contributed by atoms with E-state index in [4.69, 9.17) is 16.3 Å². The largest absolute Gasteiger partial charge is 0.495 e. The number of hydrogen-bond acceptors (Lipinski definition) is 3. The zero-order chi connectivity index (χ0) is 13.1. The quantitative estimate of drug-likeness (QED) is 0.912. The van der Waals surface area contributed by atoms with Crippen molar-refractivity contribution in [3.05, 3.63) is 35.6 Å². The fourth-order valence-electron chi connectivity index (χ4n) is 1.72. The van der Waals surface area contributed by atoms with Gasteiger partial charge in [-0.15, -0.1) is 0 Å². The molecule has 0 fully saturated rings. The average molecular weight is 266 g/mol. The van der Waals surface area contributed by atoms with Crippen molar-refractivity contribution >= 4 is 23.2 Å². The monoisotopic (exact) mass is 265 g/mol. The summed E-state index contributed by atoms with van der Waals surface area (Å²) in [4.78, 5) is 4.29. The lowest BCUT2D eigenvalue weighted by molar-refractivity contribution is 0.416. The topological polar surface area (TPSA) is 39.1 Å². The second kappa shape index (κ2) is 5.31. The number of ether oxygens (including phenoxy) is 1. The fourth-order valence-corrected chi connectivity index (χ4v) is 1.90. The van der Waals surface area contributed by atoms with Gasteiger partial charge in [-0.25, -0.2) is 4.98 Å². The molecular formula is C13H16ClN3O. The molecule has 0 saturated heterocycles. The Hall–Kier alpha value is -1.68. The van der Waals surface area contributed by atoms with Crippen LogP contribution >= 0.6 is 11.6 Å². The van der Waals surface area contributed by atoms with Gasteiger partial charge in [0.2, 0.25) is 5.95 Å². The number of hydrogen-bond donors (Lipinski definition) is 1. The van der Waals surface area contributed by atoms with Gasteiger partial charge in [0.05, 0.1) is 12.8 Å². The molecule has 0 bridgehead atoms. The Labute approximate surface area is 112 Å². The molecule has 0 saturated carbocycles. The normalized spacial score (nSPS) is 10.7. The predicted octanol–water partition coefficient (Wildman–Crippen LogP) is 3.87. The van der Waals surface area contributed by atoms with Crippen LogP contribution < -0.4 is 10.1 Å². The van der Waals surface area contributed by atoms with Crippen LogP contribution in [0.5, 0.6) is 5.75 Å². The Morgan fingerprint density at radius 3 is 2.83 bits per heavy atom. The third-order valence-electron chi connectivity index (χ3n) is 2.63. The highest BCUT2D eigenvalue weighted by Gasteiger charge is 2.09. The minimum absolute atomic E-state index is 0.333. The second-order valence-electron chi connectivity index (χ2n) is 4.22. The summed E-state index contributed by atoms with van der Waals surface area (Å²) < 4.78 is 7.33. The Balaban J connectivity index is 2.33. The van der Waals surface area contributed by atoms with E-state index in [9.17, 15) is 0 Å². The number of anilines is 2. The number of rotatable bonds is 4. The molecule has 2 rings (SSSR count). The van der Waals surface area contributed by atoms with E-state index in [2.05, 4.69) is 24.1 Å². The third kappa shape index (κ3) is 2.59. The molecule has 0 spiro atoms. The molecule has 0 aliphatic carbocycles. The number of methoxy groups -OCH3 is 1. The minimum atomic E-state index is 0.333. The standard InChI is InChI=1S/C13H16ClN3O/c1-9(2)17-7-6-15-13(17)16-11-8-10(14)4-5-12(11)18-3/h4-9H,1-3H3,(H,15,16). The highest BCUT2D eigenvalue weighted by atomic mass is 35.5. The summed E-state index contributed by atoms with van der Waals surface area (Å²) in [5, 5.41) is 3.89. The number of benzene rings is 1. The second-order valence-corrected chi connectivity index (χ2v) is 4.66. The van der Waals surface area contributed by atoms with Crippen molar-refractivity contribution in [2.75, 3.05) is 12.4 Å². The molecule has 1 heterocycles. The summed E-state index contributed by atoms with van der Waals surface area (Å²) in [6.07, 6.45) is 3.70. The lowest BCUT2D eigenvalue weighted by atomic mass is 10.3. The highest BCUT2D eigenvalue weighted by molar-refractivity contribution is 6.30. The van der Waals surface area contributed by atoms with Crippen LogP contribution in [0, 0.1) is 0 Å². The van der Waals surface area contributed by atoms with Crippen molar-refractivity contribution in [1.82, 2.24) is 9.55 Å². The molecule has 0 amide bonds. The van der Waals surface area contributed by atoms with Gasteiger partial charge in [0, 0.05) is 23.5 Å². The van der Waals surface area contributed by atoms with Crippen molar-refractivity contribution in [2.45, 2.75) is 19.9 Å². The molecule has 1 N–H and O–H groups in total. The first-order chi connectivity index (χ1) is 8.61. The molecule has 96 valence electrons. The van der Waals surface area contributed by atoms with Crippen molar-refractivity contribution in [3.8, 4) is 5.75 Å². The van der Waals surface area contributed by atoms with Gasteiger partial charge < -0.3 is 14.6 Å². The first-order valence-corrected chi connectivity index (χ1v) is 6.13. The van der Waals surface area contributed by atoms with Crippen LogP contribution in [0.2, 0.25) is 5.02 Å². The molecule has 2 aromatic rings. The summed E-state index contributed by atoms with van der Waals surface area (Å²) in [5.74, 6) is 1.50. The van der Waals surface area contributed by atoms with E-state index in [0.717, 1.165) is 17.4 Å². The van der Waals surface area contributed by atoms with Crippen LogP contribution in [0.3, 0.4) is 0 Å². The van der Waals surface area contributed by atoms with Gasteiger partial charge in [0.1, 0.15) is 5.75 Å². The van der Waals surface area contributed by atoms with E-state index < -0.39 is 0 Å². The Morgan fingerprint density at radius 1 is 1.39 bits per heavy atom. The number of nitrogens with one attached hydrogen (secondary N) is 1. The summed E-state index contributed by atoms with van der Waals surface area (Å²) in [7, 11) is 1.63. The van der Waals surface area contributed by atoms with Gasteiger partial charge in [0.15, 0.2) is 0 Å². The Bertz CT molecular complexity index is 537. The molecule has 18 heavy (non-hydrogen) atoms. The summed E-state index contributed by atoms with van der Waals surface area (Å²) in [6.45, 7) is 4.20. The summed E-state index contributed by atoms with van der Waals surface area (Å²) in [5.41, 5.74) is 0.804. The lowest BCUT2D eigenvalue weighted by Gasteiger charge is -2.14. The van der Waals surface area contributed by atoms with Gasteiger partial charge in [0.25, 0.3) is 0 Å². The molecule has 0 atom stereocenters. The molecule has 0 aliphatic heterocycles. The van der Waals surface area contributed by atoms with Crippen LogP contribution in [0.25, 0.3) is 0 Å². The maximum atomic E-state index is 5.99.